The van der Waals surface area contributed by atoms with Crippen molar-refractivity contribution in [3.63, 3.8) is 0 Å². The van der Waals surface area contributed by atoms with Crippen molar-refractivity contribution in [3.8, 4) is 16.7 Å². The van der Waals surface area contributed by atoms with Crippen LogP contribution >= 0.6 is 11.3 Å². The van der Waals surface area contributed by atoms with E-state index in [4.69, 9.17) is 14.2 Å². The predicted molar refractivity (Wildman–Crippen MR) is 83.5 cm³/mol. The lowest BCUT2D eigenvalue weighted by molar-refractivity contribution is 0.303. The maximum absolute atomic E-state index is 5.77. The van der Waals surface area contributed by atoms with Gasteiger partial charge in [-0.3, -0.25) is 0 Å². The SMILES string of the molecule is COc1cc(COc2nc3ccccc3s2)cc(OC)c1. The van der Waals surface area contributed by atoms with Crippen LogP contribution < -0.4 is 14.2 Å². The third-order valence-electron chi connectivity index (χ3n) is 3.05. The minimum absolute atomic E-state index is 0.424. The van der Waals surface area contributed by atoms with Crippen molar-refractivity contribution < 1.29 is 14.2 Å². The Balaban J connectivity index is 1.77. The molecule has 5 heteroatoms. The molecule has 0 unspecified atom stereocenters. The number of fused-ring (bicyclic) bond motifs is 1. The van der Waals surface area contributed by atoms with E-state index in [0.29, 0.717) is 11.8 Å². The number of nitrogens with zero attached hydrogens (tertiary/aromatic N) is 1. The fourth-order valence-electron chi connectivity index (χ4n) is 2.01. The van der Waals surface area contributed by atoms with Crippen molar-refractivity contribution in [3.05, 3.63) is 48.0 Å². The second-order valence-corrected chi connectivity index (χ2v) is 5.45. The highest BCUT2D eigenvalue weighted by Gasteiger charge is 2.06. The van der Waals surface area contributed by atoms with Gasteiger partial charge < -0.3 is 14.2 Å². The smallest absolute Gasteiger partial charge is 0.274 e. The zero-order valence-corrected chi connectivity index (χ0v) is 12.6. The summed E-state index contributed by atoms with van der Waals surface area (Å²) in [7, 11) is 3.26. The summed E-state index contributed by atoms with van der Waals surface area (Å²) >= 11 is 1.54. The number of thiazole rings is 1. The second kappa shape index (κ2) is 6.01. The van der Waals surface area contributed by atoms with Crippen LogP contribution in [-0.2, 0) is 6.61 Å². The van der Waals surface area contributed by atoms with Gasteiger partial charge in [-0.1, -0.05) is 23.5 Å². The summed E-state index contributed by atoms with van der Waals surface area (Å²) in [5.41, 5.74) is 1.94. The molecule has 2 aromatic carbocycles. The minimum atomic E-state index is 0.424. The van der Waals surface area contributed by atoms with Crippen LogP contribution in [0.2, 0.25) is 0 Å². The van der Waals surface area contributed by atoms with E-state index in [0.717, 1.165) is 27.3 Å². The molecule has 0 saturated heterocycles. The Kier molecular flexibility index (Phi) is 3.92. The Hall–Kier alpha value is -2.27. The molecule has 0 fully saturated rings. The molecule has 0 atom stereocenters. The van der Waals surface area contributed by atoms with Gasteiger partial charge in [0.05, 0.1) is 24.4 Å². The molecule has 0 aliphatic rings. The molecular formula is C16H15NO3S. The van der Waals surface area contributed by atoms with E-state index in [1.165, 1.54) is 0 Å². The van der Waals surface area contributed by atoms with Gasteiger partial charge in [-0.25, -0.2) is 4.98 Å². The monoisotopic (exact) mass is 301 g/mol. The molecule has 0 radical (unpaired) electrons. The van der Waals surface area contributed by atoms with E-state index in [2.05, 4.69) is 4.98 Å². The summed E-state index contributed by atoms with van der Waals surface area (Å²) in [6, 6.07) is 13.7. The fourth-order valence-corrected chi connectivity index (χ4v) is 2.82. The maximum Gasteiger partial charge on any atom is 0.274 e. The van der Waals surface area contributed by atoms with Crippen LogP contribution in [0.1, 0.15) is 5.56 Å². The molecule has 21 heavy (non-hydrogen) atoms. The molecule has 0 aliphatic carbocycles. The van der Waals surface area contributed by atoms with Gasteiger partial charge in [-0.2, -0.15) is 0 Å². The maximum atomic E-state index is 5.77. The molecule has 0 N–H and O–H groups in total. The van der Waals surface area contributed by atoms with Crippen molar-refractivity contribution >= 4 is 21.6 Å². The number of methoxy groups -OCH3 is 2. The van der Waals surface area contributed by atoms with Gasteiger partial charge in [0.15, 0.2) is 0 Å². The summed E-state index contributed by atoms with van der Waals surface area (Å²) in [5, 5.41) is 0.665. The first-order valence-electron chi connectivity index (χ1n) is 6.49. The van der Waals surface area contributed by atoms with E-state index in [1.807, 2.05) is 42.5 Å². The zero-order valence-electron chi connectivity index (χ0n) is 11.8. The number of aromatic nitrogens is 1. The molecular weight excluding hydrogens is 286 g/mol. The average Bonchev–Trinajstić information content (AvgIpc) is 2.95. The van der Waals surface area contributed by atoms with E-state index >= 15 is 0 Å². The molecule has 1 heterocycles. The third kappa shape index (κ3) is 3.08. The Morgan fingerprint density at radius 1 is 1.00 bits per heavy atom. The highest BCUT2D eigenvalue weighted by Crippen LogP contribution is 2.29. The summed E-state index contributed by atoms with van der Waals surface area (Å²) in [4.78, 5) is 4.45. The molecule has 1 aromatic heterocycles. The minimum Gasteiger partial charge on any atom is -0.497 e. The highest BCUT2D eigenvalue weighted by atomic mass is 32.1. The Morgan fingerprint density at radius 2 is 1.71 bits per heavy atom. The molecule has 3 aromatic rings. The highest BCUT2D eigenvalue weighted by molar-refractivity contribution is 7.20. The lowest BCUT2D eigenvalue weighted by atomic mass is 10.2. The molecule has 0 amide bonds. The molecule has 0 aliphatic heterocycles. The largest absolute Gasteiger partial charge is 0.497 e. The third-order valence-corrected chi connectivity index (χ3v) is 4.00. The topological polar surface area (TPSA) is 40.6 Å². The van der Waals surface area contributed by atoms with Gasteiger partial charge in [-0.05, 0) is 29.8 Å². The number of benzene rings is 2. The lowest BCUT2D eigenvalue weighted by Gasteiger charge is -2.08. The van der Waals surface area contributed by atoms with Gasteiger partial charge in [0.2, 0.25) is 0 Å². The molecule has 108 valence electrons. The van der Waals surface area contributed by atoms with Crippen molar-refractivity contribution in [1.29, 1.82) is 0 Å². The quantitative estimate of drug-likeness (QED) is 0.717. The van der Waals surface area contributed by atoms with Crippen LogP contribution in [0.4, 0.5) is 0 Å². The van der Waals surface area contributed by atoms with Crippen LogP contribution in [0.15, 0.2) is 42.5 Å². The Morgan fingerprint density at radius 3 is 2.38 bits per heavy atom. The Bertz CT molecular complexity index is 699. The normalized spacial score (nSPS) is 10.6. The summed E-state index contributed by atoms with van der Waals surface area (Å²) in [6.07, 6.45) is 0. The summed E-state index contributed by atoms with van der Waals surface area (Å²) in [6.45, 7) is 0.424. The number of hydrogen-bond donors (Lipinski definition) is 0. The first-order valence-corrected chi connectivity index (χ1v) is 7.30. The Labute approximate surface area is 126 Å². The van der Waals surface area contributed by atoms with E-state index in [9.17, 15) is 0 Å². The van der Waals surface area contributed by atoms with E-state index in [-0.39, 0.29) is 0 Å². The molecule has 4 nitrogen and oxygen atoms in total. The zero-order chi connectivity index (χ0) is 14.7. The lowest BCUT2D eigenvalue weighted by Crippen LogP contribution is -1.97. The van der Waals surface area contributed by atoms with Crippen LogP contribution in [0.3, 0.4) is 0 Å². The van der Waals surface area contributed by atoms with Gasteiger partial charge in [-0.15, -0.1) is 0 Å². The van der Waals surface area contributed by atoms with Crippen molar-refractivity contribution in [2.45, 2.75) is 6.61 Å². The van der Waals surface area contributed by atoms with Gasteiger partial charge in [0.1, 0.15) is 18.1 Å². The number of para-hydroxylation sites is 1. The van der Waals surface area contributed by atoms with Crippen molar-refractivity contribution in [2.24, 2.45) is 0 Å². The average molecular weight is 301 g/mol. The van der Waals surface area contributed by atoms with Gasteiger partial charge >= 0.3 is 0 Å². The summed E-state index contributed by atoms with van der Waals surface area (Å²) in [5.74, 6) is 1.49. The van der Waals surface area contributed by atoms with Crippen molar-refractivity contribution in [2.75, 3.05) is 14.2 Å². The van der Waals surface area contributed by atoms with E-state index < -0.39 is 0 Å². The number of rotatable bonds is 5. The molecule has 3 rings (SSSR count). The van der Waals surface area contributed by atoms with E-state index in [1.54, 1.807) is 25.6 Å². The van der Waals surface area contributed by atoms with Crippen LogP contribution in [0.5, 0.6) is 16.7 Å². The molecule has 0 saturated carbocycles. The second-order valence-electron chi connectivity index (χ2n) is 4.46. The molecule has 0 bridgehead atoms. The predicted octanol–water partition coefficient (Wildman–Crippen LogP) is 3.89. The summed E-state index contributed by atoms with van der Waals surface area (Å²) < 4.78 is 17.4. The standard InChI is InChI=1S/C16H15NO3S/c1-18-12-7-11(8-13(9-12)19-2)10-20-16-17-14-5-3-4-6-15(14)21-16/h3-9H,10H2,1-2H3. The van der Waals surface area contributed by atoms with Crippen molar-refractivity contribution in [1.82, 2.24) is 4.98 Å². The van der Waals surface area contributed by atoms with Crippen LogP contribution in [0, 0.1) is 0 Å². The first-order chi connectivity index (χ1) is 10.3. The number of ether oxygens (including phenoxy) is 3. The van der Waals surface area contributed by atoms with Gasteiger partial charge in [0.25, 0.3) is 5.19 Å². The van der Waals surface area contributed by atoms with Gasteiger partial charge in [0, 0.05) is 6.07 Å². The number of hydrogen-bond acceptors (Lipinski definition) is 5. The van der Waals surface area contributed by atoms with Crippen LogP contribution in [-0.4, -0.2) is 19.2 Å². The first kappa shape index (κ1) is 13.7. The van der Waals surface area contributed by atoms with Crippen LogP contribution in [0.25, 0.3) is 10.2 Å². The fraction of sp³-hybridized carbons (Fsp3) is 0.188. The molecule has 0 spiro atoms.